The number of urea groups is 1. The Bertz CT molecular complexity index is 544. The Hall–Kier alpha value is -1.87. The molecule has 0 spiro atoms. The minimum atomic E-state index is -1.10. The van der Waals surface area contributed by atoms with Gasteiger partial charge in [0.15, 0.2) is 0 Å². The summed E-state index contributed by atoms with van der Waals surface area (Å²) in [6.07, 6.45) is 8.27. The van der Waals surface area contributed by atoms with Gasteiger partial charge in [0.05, 0.1) is 12.6 Å². The van der Waals surface area contributed by atoms with Gasteiger partial charge < -0.3 is 31.5 Å². The number of carbonyl (C=O) groups is 3. The molecule has 1 aliphatic rings. The van der Waals surface area contributed by atoms with Gasteiger partial charge in [-0.15, -0.1) is 0 Å². The normalized spacial score (nSPS) is 22.8. The standard InChI is InChI=1S/C22H42N4O5/c1-16(2)19-15-31-14-10-6-4-3-5-7-11-17(20(27)24-19)25-22(30)26-18(21(28)29)12-8-9-13-23/h16-19H,3-15,23H2,1-2H3,(H,24,27)(H,28,29)(H2,25,26,30)/t17-,18?,19-/m1/s1. The van der Waals surface area contributed by atoms with Gasteiger partial charge in [-0.2, -0.15) is 0 Å². The summed E-state index contributed by atoms with van der Waals surface area (Å²) >= 11 is 0. The summed E-state index contributed by atoms with van der Waals surface area (Å²) in [4.78, 5) is 36.9. The molecule has 0 saturated carbocycles. The number of carboxylic acids is 1. The Kier molecular flexibility index (Phi) is 13.9. The van der Waals surface area contributed by atoms with E-state index >= 15 is 0 Å². The van der Waals surface area contributed by atoms with E-state index in [1.807, 2.05) is 13.8 Å². The molecule has 1 heterocycles. The first kappa shape index (κ1) is 27.2. The van der Waals surface area contributed by atoms with Crippen LogP contribution in [0.15, 0.2) is 0 Å². The molecule has 3 amide bonds. The van der Waals surface area contributed by atoms with E-state index in [-0.39, 0.29) is 17.9 Å². The van der Waals surface area contributed by atoms with Gasteiger partial charge in [-0.1, -0.05) is 46.0 Å². The highest BCUT2D eigenvalue weighted by atomic mass is 16.5. The first-order valence-electron chi connectivity index (χ1n) is 11.7. The van der Waals surface area contributed by atoms with Crippen LogP contribution in [0.25, 0.3) is 0 Å². The summed E-state index contributed by atoms with van der Waals surface area (Å²) in [5, 5.41) is 17.6. The van der Waals surface area contributed by atoms with Gasteiger partial charge in [-0.25, -0.2) is 9.59 Å². The number of hydrogen-bond donors (Lipinski definition) is 5. The van der Waals surface area contributed by atoms with Crippen LogP contribution in [0, 0.1) is 5.92 Å². The highest BCUT2D eigenvalue weighted by Crippen LogP contribution is 2.12. The molecule has 1 unspecified atom stereocenters. The highest BCUT2D eigenvalue weighted by Gasteiger charge is 2.26. The zero-order valence-electron chi connectivity index (χ0n) is 19.2. The summed E-state index contributed by atoms with van der Waals surface area (Å²) in [5.74, 6) is -1.17. The first-order valence-corrected chi connectivity index (χ1v) is 11.7. The lowest BCUT2D eigenvalue weighted by Crippen LogP contribution is -2.55. The van der Waals surface area contributed by atoms with Crippen LogP contribution >= 0.6 is 0 Å². The van der Waals surface area contributed by atoms with Crippen molar-refractivity contribution >= 4 is 17.9 Å². The number of aliphatic carboxylic acids is 1. The van der Waals surface area contributed by atoms with Crippen molar-refractivity contribution in [2.24, 2.45) is 11.7 Å². The van der Waals surface area contributed by atoms with E-state index in [9.17, 15) is 19.5 Å². The van der Waals surface area contributed by atoms with Crippen molar-refractivity contribution in [2.45, 2.75) is 96.2 Å². The average molecular weight is 443 g/mol. The van der Waals surface area contributed by atoms with Crippen LogP contribution in [0.4, 0.5) is 4.79 Å². The Balaban J connectivity index is 2.75. The van der Waals surface area contributed by atoms with Gasteiger partial charge in [0.25, 0.3) is 0 Å². The largest absolute Gasteiger partial charge is 0.480 e. The lowest BCUT2D eigenvalue weighted by molar-refractivity contribution is -0.139. The van der Waals surface area contributed by atoms with E-state index in [4.69, 9.17) is 10.5 Å². The van der Waals surface area contributed by atoms with Gasteiger partial charge in [-0.05, 0) is 44.6 Å². The second-order valence-electron chi connectivity index (χ2n) is 8.69. The van der Waals surface area contributed by atoms with E-state index < -0.39 is 24.1 Å². The van der Waals surface area contributed by atoms with Crippen LogP contribution in [0.5, 0.6) is 0 Å². The molecule has 1 fully saturated rings. The molecule has 1 rings (SSSR count). The van der Waals surface area contributed by atoms with Gasteiger partial charge in [0.1, 0.15) is 12.1 Å². The molecular formula is C22H42N4O5. The topological polar surface area (TPSA) is 143 Å². The van der Waals surface area contributed by atoms with Crippen molar-refractivity contribution in [3.8, 4) is 0 Å². The SMILES string of the molecule is CC(C)[C@H]1COCCCCCCCC[C@@H](NC(=O)NC(CCCCN)C(=O)O)C(=O)N1. The lowest BCUT2D eigenvalue weighted by Gasteiger charge is -2.26. The van der Waals surface area contributed by atoms with Gasteiger partial charge in [-0.3, -0.25) is 4.79 Å². The number of hydrogen-bond acceptors (Lipinski definition) is 5. The molecule has 3 atom stereocenters. The van der Waals surface area contributed by atoms with Crippen molar-refractivity contribution in [3.63, 3.8) is 0 Å². The predicted molar refractivity (Wildman–Crippen MR) is 120 cm³/mol. The van der Waals surface area contributed by atoms with Crippen molar-refractivity contribution in [2.75, 3.05) is 19.8 Å². The quantitative estimate of drug-likeness (QED) is 0.365. The minimum Gasteiger partial charge on any atom is -0.480 e. The van der Waals surface area contributed by atoms with Crippen molar-refractivity contribution < 1.29 is 24.2 Å². The molecule has 9 heteroatoms. The number of nitrogens with two attached hydrogens (primary N) is 1. The van der Waals surface area contributed by atoms with Gasteiger partial charge in [0.2, 0.25) is 5.91 Å². The molecule has 1 aliphatic heterocycles. The highest BCUT2D eigenvalue weighted by molar-refractivity contribution is 5.88. The van der Waals surface area contributed by atoms with E-state index in [0.29, 0.717) is 45.4 Å². The maximum absolute atomic E-state index is 12.9. The molecule has 31 heavy (non-hydrogen) atoms. The van der Waals surface area contributed by atoms with Crippen molar-refractivity contribution in [3.05, 3.63) is 0 Å². The zero-order chi connectivity index (χ0) is 23.1. The Morgan fingerprint density at radius 3 is 2.48 bits per heavy atom. The van der Waals surface area contributed by atoms with E-state index in [0.717, 1.165) is 38.5 Å². The predicted octanol–water partition coefficient (Wildman–Crippen LogP) is 2.14. The molecule has 0 aliphatic carbocycles. The third-order valence-corrected chi connectivity index (χ3v) is 5.63. The zero-order valence-corrected chi connectivity index (χ0v) is 19.2. The van der Waals surface area contributed by atoms with Gasteiger partial charge in [0, 0.05) is 6.61 Å². The first-order chi connectivity index (χ1) is 14.8. The number of unbranched alkanes of at least 4 members (excludes halogenated alkanes) is 1. The van der Waals surface area contributed by atoms with Gasteiger partial charge >= 0.3 is 12.0 Å². The fraction of sp³-hybridized carbons (Fsp3) is 0.864. The van der Waals surface area contributed by atoms with Crippen molar-refractivity contribution in [1.82, 2.24) is 16.0 Å². The van der Waals surface area contributed by atoms with E-state index in [1.165, 1.54) is 0 Å². The minimum absolute atomic E-state index is 0.147. The van der Waals surface area contributed by atoms with E-state index in [2.05, 4.69) is 16.0 Å². The van der Waals surface area contributed by atoms with Crippen LogP contribution in [0.3, 0.4) is 0 Å². The third kappa shape index (κ3) is 11.9. The summed E-state index contributed by atoms with van der Waals surface area (Å²) in [5.41, 5.74) is 5.45. The Morgan fingerprint density at radius 1 is 1.16 bits per heavy atom. The number of carboxylic acid groups (broad SMARTS) is 1. The fourth-order valence-electron chi connectivity index (χ4n) is 3.53. The Labute approximate surface area is 186 Å². The molecule has 9 nitrogen and oxygen atoms in total. The molecule has 1 saturated heterocycles. The van der Waals surface area contributed by atoms with Crippen molar-refractivity contribution in [1.29, 1.82) is 0 Å². The number of rotatable bonds is 8. The number of carbonyl (C=O) groups excluding carboxylic acids is 2. The third-order valence-electron chi connectivity index (χ3n) is 5.63. The molecule has 6 N–H and O–H groups in total. The fourth-order valence-corrected chi connectivity index (χ4v) is 3.53. The molecule has 0 radical (unpaired) electrons. The molecule has 0 aromatic carbocycles. The number of amides is 3. The molecule has 0 aromatic heterocycles. The number of ether oxygens (including phenoxy) is 1. The van der Waals surface area contributed by atoms with Crippen LogP contribution in [-0.2, 0) is 14.3 Å². The molecule has 0 bridgehead atoms. The summed E-state index contributed by atoms with van der Waals surface area (Å²) in [6, 6.07) is -2.52. The Morgan fingerprint density at radius 2 is 1.84 bits per heavy atom. The van der Waals surface area contributed by atoms with E-state index in [1.54, 1.807) is 0 Å². The lowest BCUT2D eigenvalue weighted by atomic mass is 10.0. The van der Waals surface area contributed by atoms with Crippen LogP contribution < -0.4 is 21.7 Å². The summed E-state index contributed by atoms with van der Waals surface area (Å²) < 4.78 is 5.75. The maximum Gasteiger partial charge on any atom is 0.326 e. The maximum atomic E-state index is 12.9. The van der Waals surface area contributed by atoms with Crippen LogP contribution in [-0.4, -0.2) is 60.9 Å². The second kappa shape index (κ2) is 15.9. The number of nitrogens with one attached hydrogen (secondary N) is 3. The summed E-state index contributed by atoms with van der Waals surface area (Å²) in [6.45, 7) is 5.63. The van der Waals surface area contributed by atoms with Crippen LogP contribution in [0.2, 0.25) is 0 Å². The summed E-state index contributed by atoms with van der Waals surface area (Å²) in [7, 11) is 0. The smallest absolute Gasteiger partial charge is 0.326 e. The monoisotopic (exact) mass is 442 g/mol. The average Bonchev–Trinajstić information content (AvgIpc) is 2.71. The second-order valence-corrected chi connectivity index (χ2v) is 8.69. The van der Waals surface area contributed by atoms with Crippen LogP contribution in [0.1, 0.15) is 78.1 Å². The molecule has 180 valence electrons. The molecule has 0 aromatic rings. The molecular weight excluding hydrogens is 400 g/mol.